The quantitative estimate of drug-likeness (QED) is 0.906. The molecule has 0 aromatic carbocycles. The average molecular weight is 298 g/mol. The fourth-order valence-electron chi connectivity index (χ4n) is 2.91. The third kappa shape index (κ3) is 3.47. The van der Waals surface area contributed by atoms with E-state index in [1.807, 2.05) is 6.92 Å². The highest BCUT2D eigenvalue weighted by Crippen LogP contribution is 2.28. The second-order valence-electron chi connectivity index (χ2n) is 5.42. The van der Waals surface area contributed by atoms with E-state index in [0.717, 1.165) is 24.2 Å². The van der Waals surface area contributed by atoms with E-state index in [0.29, 0.717) is 5.92 Å². The number of aromatic amines is 1. The number of likely N-dealkylation sites (tertiary alicyclic amines) is 1. The number of aryl methyl sites for hydroxylation is 1. The van der Waals surface area contributed by atoms with Gasteiger partial charge in [-0.05, 0) is 26.3 Å². The molecule has 2 saturated heterocycles. The van der Waals surface area contributed by atoms with Gasteiger partial charge in [0, 0.05) is 41.5 Å². The summed E-state index contributed by atoms with van der Waals surface area (Å²) >= 11 is 4.24. The predicted molar refractivity (Wildman–Crippen MR) is 83.1 cm³/mol. The standard InChI is InChI=1S/C13H22N4S2/c1-10-14-13(16-15-10)11-3-2-4-17(7-11)12-8-18-5-6-19-9-12/h11-12H,2-9H2,1H3,(H,14,15,16)/t11-/m1/s1. The van der Waals surface area contributed by atoms with E-state index in [9.17, 15) is 0 Å². The molecule has 106 valence electrons. The largest absolute Gasteiger partial charge is 0.298 e. The second kappa shape index (κ2) is 6.50. The van der Waals surface area contributed by atoms with Crippen LogP contribution in [0.3, 0.4) is 0 Å². The van der Waals surface area contributed by atoms with Crippen LogP contribution in [-0.4, -0.2) is 62.2 Å². The molecule has 4 nitrogen and oxygen atoms in total. The Balaban J connectivity index is 1.63. The highest BCUT2D eigenvalue weighted by atomic mass is 32.2. The molecule has 0 bridgehead atoms. The molecule has 1 N–H and O–H groups in total. The van der Waals surface area contributed by atoms with Gasteiger partial charge < -0.3 is 0 Å². The number of nitrogens with one attached hydrogen (secondary N) is 1. The van der Waals surface area contributed by atoms with Crippen LogP contribution in [0, 0.1) is 6.92 Å². The van der Waals surface area contributed by atoms with E-state index in [4.69, 9.17) is 0 Å². The SMILES string of the molecule is Cc1nc([C@@H]2CCCN(C3CSCCSC3)C2)n[nH]1. The Morgan fingerprint density at radius 3 is 2.74 bits per heavy atom. The van der Waals surface area contributed by atoms with E-state index >= 15 is 0 Å². The molecule has 2 fully saturated rings. The maximum absolute atomic E-state index is 4.53. The molecule has 0 spiro atoms. The first-order valence-electron chi connectivity index (χ1n) is 7.11. The van der Waals surface area contributed by atoms with E-state index < -0.39 is 0 Å². The normalized spacial score (nSPS) is 27.3. The van der Waals surface area contributed by atoms with Crippen molar-refractivity contribution in [3.63, 3.8) is 0 Å². The van der Waals surface area contributed by atoms with Crippen molar-refractivity contribution < 1.29 is 0 Å². The number of hydrogen-bond acceptors (Lipinski definition) is 5. The van der Waals surface area contributed by atoms with Gasteiger partial charge in [0.25, 0.3) is 0 Å². The summed E-state index contributed by atoms with van der Waals surface area (Å²) in [6, 6.07) is 0.750. The van der Waals surface area contributed by atoms with Gasteiger partial charge in [0.2, 0.25) is 0 Å². The van der Waals surface area contributed by atoms with Crippen LogP contribution >= 0.6 is 23.5 Å². The zero-order chi connectivity index (χ0) is 13.1. The first kappa shape index (κ1) is 13.8. The maximum atomic E-state index is 4.53. The molecular formula is C13H22N4S2. The summed E-state index contributed by atoms with van der Waals surface area (Å²) in [6.45, 7) is 4.38. The summed E-state index contributed by atoms with van der Waals surface area (Å²) in [7, 11) is 0. The van der Waals surface area contributed by atoms with Crippen molar-refractivity contribution in [2.75, 3.05) is 36.1 Å². The molecule has 0 aliphatic carbocycles. The molecule has 2 aliphatic heterocycles. The molecule has 0 amide bonds. The minimum atomic E-state index is 0.525. The van der Waals surface area contributed by atoms with Gasteiger partial charge in [-0.15, -0.1) is 0 Å². The molecule has 0 saturated carbocycles. The summed E-state index contributed by atoms with van der Waals surface area (Å²) in [5.41, 5.74) is 0. The Kier molecular flexibility index (Phi) is 4.71. The Labute approximate surface area is 123 Å². The van der Waals surface area contributed by atoms with Gasteiger partial charge in [-0.2, -0.15) is 28.6 Å². The lowest BCUT2D eigenvalue weighted by Crippen LogP contribution is -2.44. The van der Waals surface area contributed by atoms with Crippen molar-refractivity contribution in [2.24, 2.45) is 0 Å². The minimum absolute atomic E-state index is 0.525. The van der Waals surface area contributed by atoms with Crippen LogP contribution in [0.4, 0.5) is 0 Å². The van der Waals surface area contributed by atoms with Gasteiger partial charge in [-0.25, -0.2) is 4.98 Å². The second-order valence-corrected chi connectivity index (χ2v) is 7.72. The monoisotopic (exact) mass is 298 g/mol. The fourth-order valence-corrected chi connectivity index (χ4v) is 5.53. The third-order valence-corrected chi connectivity index (χ3v) is 6.43. The molecular weight excluding hydrogens is 276 g/mol. The number of hydrogen-bond donors (Lipinski definition) is 1. The van der Waals surface area contributed by atoms with Crippen LogP contribution in [0.1, 0.15) is 30.4 Å². The van der Waals surface area contributed by atoms with Gasteiger partial charge in [0.1, 0.15) is 5.82 Å². The maximum Gasteiger partial charge on any atom is 0.155 e. The molecule has 3 rings (SSSR count). The number of nitrogens with zero attached hydrogens (tertiary/aromatic N) is 3. The number of aromatic nitrogens is 3. The van der Waals surface area contributed by atoms with Gasteiger partial charge in [0.15, 0.2) is 5.82 Å². The topological polar surface area (TPSA) is 44.8 Å². The van der Waals surface area contributed by atoms with Crippen LogP contribution in [0.15, 0.2) is 0 Å². The van der Waals surface area contributed by atoms with Crippen molar-refractivity contribution in [1.82, 2.24) is 20.1 Å². The molecule has 19 heavy (non-hydrogen) atoms. The molecule has 2 aliphatic rings. The van der Waals surface area contributed by atoms with Crippen molar-refractivity contribution in [1.29, 1.82) is 0 Å². The molecule has 3 heterocycles. The van der Waals surface area contributed by atoms with Gasteiger partial charge in [-0.3, -0.25) is 10.00 Å². The number of H-pyrrole nitrogens is 1. The Hall–Kier alpha value is -0.200. The van der Waals surface area contributed by atoms with Crippen LogP contribution in [0.25, 0.3) is 0 Å². The van der Waals surface area contributed by atoms with Crippen LogP contribution in [0.2, 0.25) is 0 Å². The summed E-state index contributed by atoms with van der Waals surface area (Å²) in [4.78, 5) is 7.21. The Morgan fingerprint density at radius 2 is 2.05 bits per heavy atom. The lowest BCUT2D eigenvalue weighted by Gasteiger charge is -2.36. The molecule has 1 aromatic heterocycles. The molecule has 1 aromatic rings. The Morgan fingerprint density at radius 1 is 1.26 bits per heavy atom. The van der Waals surface area contributed by atoms with Gasteiger partial charge >= 0.3 is 0 Å². The van der Waals surface area contributed by atoms with E-state index in [-0.39, 0.29) is 0 Å². The summed E-state index contributed by atoms with van der Waals surface area (Å²) in [5.74, 6) is 7.72. The minimum Gasteiger partial charge on any atom is -0.298 e. The third-order valence-electron chi connectivity index (χ3n) is 3.94. The predicted octanol–water partition coefficient (Wildman–Crippen LogP) is 2.14. The molecule has 1 atom stereocenters. The molecule has 0 radical (unpaired) electrons. The lowest BCUT2D eigenvalue weighted by molar-refractivity contribution is 0.170. The van der Waals surface area contributed by atoms with Gasteiger partial charge in [-0.1, -0.05) is 0 Å². The summed E-state index contributed by atoms with van der Waals surface area (Å²) in [6.07, 6.45) is 2.52. The van der Waals surface area contributed by atoms with Crippen LogP contribution in [0.5, 0.6) is 0 Å². The highest BCUT2D eigenvalue weighted by Gasteiger charge is 2.29. The van der Waals surface area contributed by atoms with Crippen molar-refractivity contribution in [3.05, 3.63) is 11.6 Å². The molecule has 0 unspecified atom stereocenters. The van der Waals surface area contributed by atoms with Crippen LogP contribution < -0.4 is 0 Å². The van der Waals surface area contributed by atoms with Crippen molar-refractivity contribution >= 4 is 23.5 Å². The first-order valence-corrected chi connectivity index (χ1v) is 9.42. The number of thioether (sulfide) groups is 2. The first-order chi connectivity index (χ1) is 9.33. The Bertz CT molecular complexity index is 401. The smallest absolute Gasteiger partial charge is 0.155 e. The van der Waals surface area contributed by atoms with E-state index in [1.54, 1.807) is 0 Å². The average Bonchev–Trinajstić information content (AvgIpc) is 2.71. The number of piperidine rings is 1. The van der Waals surface area contributed by atoms with Gasteiger partial charge in [0.05, 0.1) is 0 Å². The lowest BCUT2D eigenvalue weighted by atomic mass is 9.96. The zero-order valence-electron chi connectivity index (χ0n) is 11.5. The van der Waals surface area contributed by atoms with Crippen molar-refractivity contribution in [3.8, 4) is 0 Å². The van der Waals surface area contributed by atoms with Crippen LogP contribution in [-0.2, 0) is 0 Å². The van der Waals surface area contributed by atoms with Crippen molar-refractivity contribution in [2.45, 2.75) is 31.7 Å². The zero-order valence-corrected chi connectivity index (χ0v) is 13.1. The highest BCUT2D eigenvalue weighted by molar-refractivity contribution is 8.03. The summed E-state index contributed by atoms with van der Waals surface area (Å²) < 4.78 is 0. The van der Waals surface area contributed by atoms with E-state index in [2.05, 4.69) is 43.6 Å². The molecule has 6 heteroatoms. The van der Waals surface area contributed by atoms with E-state index in [1.165, 1.54) is 42.4 Å². The fraction of sp³-hybridized carbons (Fsp3) is 0.846. The summed E-state index contributed by atoms with van der Waals surface area (Å²) in [5, 5.41) is 7.35. The number of rotatable bonds is 2.